The van der Waals surface area contributed by atoms with E-state index in [2.05, 4.69) is 10.6 Å². The smallest absolute Gasteiger partial charge is 0.306 e. The number of carboxylic acids is 1. The van der Waals surface area contributed by atoms with E-state index in [1.165, 1.54) is 40.0 Å². The first kappa shape index (κ1) is 62.6. The summed E-state index contributed by atoms with van der Waals surface area (Å²) < 4.78 is 11.9. The number of carbonyl (C=O) groups is 10. The Balaban J connectivity index is 3.30. The molecule has 0 aliphatic carbocycles. The number of amides is 5. The summed E-state index contributed by atoms with van der Waals surface area (Å²) in [6.07, 6.45) is 9.64. The molecule has 0 bridgehead atoms. The van der Waals surface area contributed by atoms with E-state index in [-0.39, 0.29) is 60.9 Å². The molecule has 0 aromatic heterocycles. The third-order valence-electron chi connectivity index (χ3n) is 14.0. The van der Waals surface area contributed by atoms with E-state index in [0.717, 1.165) is 0 Å². The van der Waals surface area contributed by atoms with E-state index >= 15 is 0 Å². The Bertz CT molecular complexity index is 1930. The lowest BCUT2D eigenvalue weighted by Gasteiger charge is -2.41. The molecule has 1 aliphatic rings. The highest BCUT2D eigenvalue weighted by molar-refractivity contribution is 6.03. The van der Waals surface area contributed by atoms with Crippen molar-refractivity contribution in [1.82, 2.24) is 25.3 Å². The lowest BCUT2D eigenvalue weighted by Crippen LogP contribution is -2.54. The van der Waals surface area contributed by atoms with E-state index in [9.17, 15) is 53.1 Å². The van der Waals surface area contributed by atoms with Gasteiger partial charge >= 0.3 is 5.97 Å². The molecular weight excluding hydrogens is 903 g/mol. The van der Waals surface area contributed by atoms with Gasteiger partial charge in [-0.3, -0.25) is 47.9 Å². The third-order valence-corrected chi connectivity index (χ3v) is 14.0. The van der Waals surface area contributed by atoms with Crippen LogP contribution in [-0.2, 0) is 57.4 Å². The summed E-state index contributed by atoms with van der Waals surface area (Å²) >= 11 is 0. The molecule has 18 nitrogen and oxygen atoms in total. The van der Waals surface area contributed by atoms with E-state index < -0.39 is 114 Å². The van der Waals surface area contributed by atoms with Crippen molar-refractivity contribution >= 4 is 58.6 Å². The molecule has 0 spiro atoms. The Labute approximate surface area is 415 Å². The predicted molar refractivity (Wildman–Crippen MR) is 262 cm³/mol. The molecule has 70 heavy (non-hydrogen) atoms. The summed E-state index contributed by atoms with van der Waals surface area (Å²) in [7, 11) is 6.08. The monoisotopic (exact) mass is 984 g/mol. The minimum absolute atomic E-state index is 0.0898. The number of rotatable bonds is 31. The van der Waals surface area contributed by atoms with Gasteiger partial charge in [-0.2, -0.15) is 0 Å². The summed E-state index contributed by atoms with van der Waals surface area (Å²) in [5.74, 6) is -6.41. The van der Waals surface area contributed by atoms with Gasteiger partial charge in [0, 0.05) is 78.3 Å². The van der Waals surface area contributed by atoms with E-state index in [1.807, 2.05) is 33.6 Å². The lowest BCUT2D eigenvalue weighted by atomic mass is 9.83. The predicted octanol–water partition coefficient (Wildman–Crippen LogP) is 3.50. The fraction of sp³-hybridized carbons (Fsp3) is 0.731. The highest BCUT2D eigenvalue weighted by atomic mass is 16.5. The van der Waals surface area contributed by atoms with Crippen LogP contribution in [0.15, 0.2) is 0 Å². The number of Topliss-reactive ketones (excluding diaryl/α,β-unsaturated/α-hetero) is 4. The minimum atomic E-state index is -1.44. The molecule has 5 amide bonds. The van der Waals surface area contributed by atoms with Gasteiger partial charge in [-0.05, 0) is 55.8 Å². The second-order valence-corrected chi connectivity index (χ2v) is 19.6. The van der Waals surface area contributed by atoms with Gasteiger partial charge < -0.3 is 39.9 Å². The molecular formula is C52H81N5O13. The van der Waals surface area contributed by atoms with Crippen molar-refractivity contribution in [1.29, 1.82) is 0 Å². The number of likely N-dealkylation sites (N-methyl/N-ethyl adjacent to an activating group) is 2. The van der Waals surface area contributed by atoms with Gasteiger partial charge in [0.05, 0.1) is 48.7 Å². The summed E-state index contributed by atoms with van der Waals surface area (Å²) in [5.41, 5.74) is 0. The quantitative estimate of drug-likeness (QED) is 0.0667. The van der Waals surface area contributed by atoms with Gasteiger partial charge in [-0.1, -0.05) is 68.7 Å². The number of hydrogen-bond acceptors (Lipinski definition) is 12. The second-order valence-electron chi connectivity index (χ2n) is 19.6. The zero-order valence-electron chi connectivity index (χ0n) is 44.0. The molecule has 0 aromatic carbocycles. The summed E-state index contributed by atoms with van der Waals surface area (Å²) in [6, 6.07) is -4.60. The highest BCUT2D eigenvalue weighted by Gasteiger charge is 2.44. The van der Waals surface area contributed by atoms with E-state index in [0.29, 0.717) is 32.2 Å². The van der Waals surface area contributed by atoms with Crippen molar-refractivity contribution in [3.63, 3.8) is 0 Å². The fourth-order valence-electron chi connectivity index (χ4n) is 9.52. The summed E-state index contributed by atoms with van der Waals surface area (Å²) in [6.45, 7) is 17.9. The summed E-state index contributed by atoms with van der Waals surface area (Å²) in [5, 5.41) is 14.2. The van der Waals surface area contributed by atoms with Crippen LogP contribution in [-0.4, -0.2) is 156 Å². The number of terminal acetylenes is 2. The van der Waals surface area contributed by atoms with Gasteiger partial charge in [0.1, 0.15) is 11.8 Å². The maximum absolute atomic E-state index is 14.7. The number of nitrogens with zero attached hydrogens (tertiary/aromatic N) is 3. The van der Waals surface area contributed by atoms with Crippen LogP contribution in [0.1, 0.15) is 127 Å². The number of nitrogens with one attached hydrogen (secondary N) is 2. The number of aliphatic carboxylic acids is 1. The Kier molecular flexibility index (Phi) is 26.5. The molecule has 1 saturated heterocycles. The molecule has 12 atom stereocenters. The average molecular weight is 984 g/mol. The van der Waals surface area contributed by atoms with Crippen molar-refractivity contribution in [2.75, 3.05) is 34.9 Å². The Morgan fingerprint density at radius 1 is 0.729 bits per heavy atom. The maximum atomic E-state index is 14.7. The summed E-state index contributed by atoms with van der Waals surface area (Å²) in [4.78, 5) is 137. The van der Waals surface area contributed by atoms with Crippen LogP contribution in [0.3, 0.4) is 0 Å². The van der Waals surface area contributed by atoms with Crippen LogP contribution in [0.5, 0.6) is 0 Å². The number of ketones is 4. The Hall–Kier alpha value is -5.46. The van der Waals surface area contributed by atoms with Crippen LogP contribution in [0.25, 0.3) is 0 Å². The van der Waals surface area contributed by atoms with Crippen LogP contribution in [0.2, 0.25) is 0 Å². The van der Waals surface area contributed by atoms with Crippen LogP contribution >= 0.6 is 0 Å². The molecule has 1 unspecified atom stereocenters. The van der Waals surface area contributed by atoms with Crippen LogP contribution in [0, 0.1) is 66.1 Å². The van der Waals surface area contributed by atoms with E-state index in [1.54, 1.807) is 50.5 Å². The molecule has 0 radical (unpaired) electrons. The largest absolute Gasteiger partial charge is 0.481 e. The van der Waals surface area contributed by atoms with Crippen LogP contribution in [0.4, 0.5) is 0 Å². The highest BCUT2D eigenvalue weighted by Crippen LogP contribution is 2.32. The molecule has 1 heterocycles. The molecule has 0 aromatic rings. The Morgan fingerprint density at radius 3 is 1.83 bits per heavy atom. The third kappa shape index (κ3) is 17.4. The fourth-order valence-corrected chi connectivity index (χ4v) is 9.52. The van der Waals surface area contributed by atoms with Gasteiger partial charge in [0.25, 0.3) is 5.91 Å². The number of hydrogen-bond donors (Lipinski definition) is 3. The first-order valence-electron chi connectivity index (χ1n) is 24.5. The topological polar surface area (TPSA) is 243 Å². The van der Waals surface area contributed by atoms with Gasteiger partial charge in [0.2, 0.25) is 29.4 Å². The zero-order chi connectivity index (χ0) is 53.9. The number of carboxylic acid groups (broad SMARTS) is 1. The normalized spacial score (nSPS) is 18.3. The van der Waals surface area contributed by atoms with Crippen molar-refractivity contribution < 1.29 is 62.5 Å². The number of carbonyl (C=O) groups excluding carboxylic acids is 9. The molecule has 1 fully saturated rings. The zero-order valence-corrected chi connectivity index (χ0v) is 44.0. The van der Waals surface area contributed by atoms with Crippen molar-refractivity contribution in [3.05, 3.63) is 0 Å². The molecule has 18 heteroatoms. The Morgan fingerprint density at radius 2 is 1.34 bits per heavy atom. The molecule has 392 valence electrons. The maximum Gasteiger partial charge on any atom is 0.306 e. The molecule has 1 rings (SSSR count). The van der Waals surface area contributed by atoms with Crippen molar-refractivity contribution in [3.8, 4) is 24.7 Å². The first-order chi connectivity index (χ1) is 32.7. The number of likely N-dealkylation sites (tertiary alicyclic amines) is 1. The first-order valence-corrected chi connectivity index (χ1v) is 24.5. The SMILES string of the molecule is C#CC(=O)CC(NC(=O)C#C)C(=O)N[C@@H](C)C(=O)C[C@@H](C)C(=O)N(C)[C@H](C(=O)C[C@H](C(=O)N(C)[C@@H]([C@@H](C)CC)[C@@H](CC(=O)N1CCC[C@H]1[C@H](OC)[C@@H](C)C(=O)C[C@@H](CC)C(=O)O)OC)C(C)C)C(C)C. The number of methoxy groups -OCH3 is 2. The number of ether oxygens (including phenoxy) is 2. The van der Waals surface area contributed by atoms with Gasteiger partial charge in [-0.25, -0.2) is 0 Å². The molecule has 1 aliphatic heterocycles. The lowest BCUT2D eigenvalue weighted by molar-refractivity contribution is -0.150. The standard InChI is InChI=1S/C52H81N5O13/c1-17-31(9)47(43(69-15)28-45(63)57-23-21-22-39(57)48(70-16)33(11)40(59)25-35(18-2)52(67)68)56(14)51(66)37(29(5)6)27-42(61)46(30(7)8)55(13)50(65)32(10)24-41(60)34(12)53-49(64)38(26-36(58)19-3)54-44(62)20-4/h3-4,29-35,37-39,43,46-48H,17-18,21-28H2,1-2,5-16H3,(H,53,64)(H,54,62)(H,67,68)/t31-,32+,33-,34-,35+,37-,38?,39-,43+,46-,47-,48+/m0/s1. The minimum Gasteiger partial charge on any atom is -0.481 e. The average Bonchev–Trinajstić information content (AvgIpc) is 3.80. The molecule has 0 saturated carbocycles. The van der Waals surface area contributed by atoms with Gasteiger partial charge in [0.15, 0.2) is 11.6 Å². The van der Waals surface area contributed by atoms with Crippen molar-refractivity contribution in [2.24, 2.45) is 41.4 Å². The van der Waals surface area contributed by atoms with E-state index in [4.69, 9.17) is 22.3 Å². The molecule has 3 N–H and O–H groups in total. The second kappa shape index (κ2) is 29.7. The van der Waals surface area contributed by atoms with Crippen LogP contribution < -0.4 is 10.6 Å². The van der Waals surface area contributed by atoms with Gasteiger partial charge in [-0.15, -0.1) is 12.8 Å². The van der Waals surface area contributed by atoms with Crippen molar-refractivity contribution in [2.45, 2.75) is 169 Å².